The number of carboxylic acid groups (broad SMARTS) is 1. The van der Waals surface area contributed by atoms with Crippen LogP contribution in [0.25, 0.3) is 6.08 Å². The molecule has 98 valence electrons. The van der Waals surface area contributed by atoms with Gasteiger partial charge in [-0.1, -0.05) is 6.92 Å². The zero-order valence-corrected chi connectivity index (χ0v) is 10.4. The zero-order valence-electron chi connectivity index (χ0n) is 10.4. The summed E-state index contributed by atoms with van der Waals surface area (Å²) in [4.78, 5) is 22.3. The van der Waals surface area contributed by atoms with Crippen molar-refractivity contribution in [1.29, 1.82) is 0 Å². The molecule has 0 saturated heterocycles. The molecule has 0 unspecified atom stereocenters. The molecule has 0 aromatic carbocycles. The molecule has 0 aliphatic heterocycles. The van der Waals surface area contributed by atoms with Gasteiger partial charge in [-0.05, 0) is 25.1 Å². The van der Waals surface area contributed by atoms with E-state index in [-0.39, 0.29) is 18.6 Å². The summed E-state index contributed by atoms with van der Waals surface area (Å²) in [6.45, 7) is 3.81. The second-order valence-corrected chi connectivity index (χ2v) is 3.62. The number of aliphatic carboxylic acids is 1. The van der Waals surface area contributed by atoms with E-state index in [4.69, 9.17) is 14.3 Å². The van der Waals surface area contributed by atoms with Gasteiger partial charge in [0.15, 0.2) is 0 Å². The molecule has 0 radical (unpaired) electrons. The largest absolute Gasteiger partial charge is 0.481 e. The predicted molar refractivity (Wildman–Crippen MR) is 64.9 cm³/mol. The fourth-order valence-corrected chi connectivity index (χ4v) is 1.40. The van der Waals surface area contributed by atoms with Crippen LogP contribution in [0.2, 0.25) is 0 Å². The smallest absolute Gasteiger partial charge is 0.334 e. The van der Waals surface area contributed by atoms with E-state index in [1.54, 1.807) is 19.1 Å². The highest BCUT2D eigenvalue weighted by Gasteiger charge is 2.15. The number of ether oxygens (including phenoxy) is 1. The van der Waals surface area contributed by atoms with Crippen LogP contribution in [0.3, 0.4) is 0 Å². The van der Waals surface area contributed by atoms with Crippen molar-refractivity contribution in [1.82, 2.24) is 0 Å². The summed E-state index contributed by atoms with van der Waals surface area (Å²) in [5, 5.41) is 8.75. The molecule has 0 aliphatic rings. The number of carboxylic acids is 1. The van der Waals surface area contributed by atoms with Gasteiger partial charge in [-0.15, -0.1) is 0 Å². The summed E-state index contributed by atoms with van der Waals surface area (Å²) in [5.74, 6) is -0.484. The first-order chi connectivity index (χ1) is 8.56. The first-order valence-electron chi connectivity index (χ1n) is 5.75. The molecule has 1 heterocycles. The van der Waals surface area contributed by atoms with Crippen molar-refractivity contribution in [2.75, 3.05) is 6.61 Å². The fourth-order valence-electron chi connectivity index (χ4n) is 1.40. The molecule has 1 aromatic heterocycles. The third kappa shape index (κ3) is 4.08. The second kappa shape index (κ2) is 6.64. The fraction of sp³-hybridized carbons (Fsp3) is 0.385. The molecule has 5 nitrogen and oxygen atoms in total. The lowest BCUT2D eigenvalue weighted by molar-refractivity contribution is -0.142. The molecule has 0 spiro atoms. The van der Waals surface area contributed by atoms with Crippen molar-refractivity contribution in [2.24, 2.45) is 0 Å². The molecule has 1 N–H and O–H groups in total. The molecule has 1 rings (SSSR count). The molecule has 0 atom stereocenters. The number of esters is 1. The van der Waals surface area contributed by atoms with Crippen molar-refractivity contribution in [2.45, 2.75) is 26.7 Å². The van der Waals surface area contributed by atoms with Crippen molar-refractivity contribution >= 4 is 18.0 Å². The van der Waals surface area contributed by atoms with Gasteiger partial charge < -0.3 is 14.3 Å². The maximum atomic E-state index is 11.6. The number of hydrogen-bond acceptors (Lipinski definition) is 4. The Bertz CT molecular complexity index is 456. The van der Waals surface area contributed by atoms with Crippen molar-refractivity contribution in [3.63, 3.8) is 0 Å². The molecule has 0 bridgehead atoms. The lowest BCUT2D eigenvalue weighted by Gasteiger charge is -2.03. The molecule has 0 fully saturated rings. The number of rotatable bonds is 6. The molecule has 0 saturated carbocycles. The summed E-state index contributed by atoms with van der Waals surface area (Å²) in [5.41, 5.74) is 0.0707. The summed E-state index contributed by atoms with van der Waals surface area (Å²) in [6.07, 6.45) is 1.76. The molecule has 5 heteroatoms. The van der Waals surface area contributed by atoms with E-state index in [1.807, 2.05) is 6.92 Å². The van der Waals surface area contributed by atoms with E-state index in [1.165, 1.54) is 6.08 Å². The highest BCUT2D eigenvalue weighted by molar-refractivity contribution is 5.97. The number of aryl methyl sites for hydroxylation is 1. The van der Waals surface area contributed by atoms with E-state index in [0.717, 1.165) is 12.2 Å². The topological polar surface area (TPSA) is 76.7 Å². The van der Waals surface area contributed by atoms with E-state index in [9.17, 15) is 9.59 Å². The van der Waals surface area contributed by atoms with Gasteiger partial charge in [0.1, 0.15) is 11.5 Å². The van der Waals surface area contributed by atoms with E-state index < -0.39 is 11.9 Å². The molecular weight excluding hydrogens is 236 g/mol. The third-order valence-corrected chi connectivity index (χ3v) is 2.23. The average molecular weight is 252 g/mol. The monoisotopic (exact) mass is 252 g/mol. The van der Waals surface area contributed by atoms with E-state index >= 15 is 0 Å². The van der Waals surface area contributed by atoms with Crippen LogP contribution in [0.1, 0.15) is 31.8 Å². The lowest BCUT2D eigenvalue weighted by atomic mass is 10.1. The molecule has 18 heavy (non-hydrogen) atoms. The highest BCUT2D eigenvalue weighted by Crippen LogP contribution is 2.15. The highest BCUT2D eigenvalue weighted by atomic mass is 16.5. The van der Waals surface area contributed by atoms with Crippen LogP contribution in [0.15, 0.2) is 22.1 Å². The lowest BCUT2D eigenvalue weighted by Crippen LogP contribution is -2.11. The predicted octanol–water partition coefficient (Wildman–Crippen LogP) is 2.26. The minimum Gasteiger partial charge on any atom is -0.481 e. The van der Waals surface area contributed by atoms with Crippen LogP contribution >= 0.6 is 0 Å². The Morgan fingerprint density at radius 3 is 2.61 bits per heavy atom. The van der Waals surface area contributed by atoms with E-state index in [2.05, 4.69) is 0 Å². The SMILES string of the molecule is CCOC(=O)/C(=C\c1ccc(CC)o1)CC(=O)O. The maximum absolute atomic E-state index is 11.6. The van der Waals surface area contributed by atoms with Gasteiger partial charge in [0.25, 0.3) is 0 Å². The first kappa shape index (κ1) is 14.0. The Labute approximate surface area is 105 Å². The zero-order chi connectivity index (χ0) is 13.5. The summed E-state index contributed by atoms with van der Waals surface area (Å²) in [6, 6.07) is 3.48. The van der Waals surface area contributed by atoms with Gasteiger partial charge in [0, 0.05) is 6.42 Å². The molecular formula is C13H16O5. The van der Waals surface area contributed by atoms with Crippen molar-refractivity contribution in [3.05, 3.63) is 29.2 Å². The maximum Gasteiger partial charge on any atom is 0.334 e. The molecule has 0 aliphatic carbocycles. The van der Waals surface area contributed by atoms with Gasteiger partial charge >= 0.3 is 11.9 Å². The molecule has 1 aromatic rings. The molecule has 0 amide bonds. The first-order valence-corrected chi connectivity index (χ1v) is 5.75. The second-order valence-electron chi connectivity index (χ2n) is 3.62. The minimum absolute atomic E-state index is 0.0707. The van der Waals surface area contributed by atoms with Gasteiger partial charge in [-0.3, -0.25) is 4.79 Å². The van der Waals surface area contributed by atoms with E-state index in [0.29, 0.717) is 5.76 Å². The third-order valence-electron chi connectivity index (χ3n) is 2.23. The number of carbonyl (C=O) groups is 2. The summed E-state index contributed by atoms with van der Waals surface area (Å²) < 4.78 is 10.2. The van der Waals surface area contributed by atoms with Gasteiger partial charge in [-0.2, -0.15) is 0 Å². The van der Waals surface area contributed by atoms with Crippen molar-refractivity contribution in [3.8, 4) is 0 Å². The quantitative estimate of drug-likeness (QED) is 0.620. The van der Waals surface area contributed by atoms with Crippen LogP contribution in [-0.2, 0) is 20.7 Å². The minimum atomic E-state index is -1.09. The number of carbonyl (C=O) groups excluding carboxylic acids is 1. The standard InChI is InChI=1S/C13H16O5/c1-3-10-5-6-11(18-10)7-9(8-12(14)15)13(16)17-4-2/h5-7H,3-4,8H2,1-2H3,(H,14,15)/b9-7-. The van der Waals surface area contributed by atoms with Gasteiger partial charge in [0.2, 0.25) is 0 Å². The number of hydrogen-bond donors (Lipinski definition) is 1. The Morgan fingerprint density at radius 2 is 2.11 bits per heavy atom. The number of furan rings is 1. The Balaban J connectivity index is 2.93. The average Bonchev–Trinajstić information content (AvgIpc) is 2.75. The summed E-state index contributed by atoms with van der Waals surface area (Å²) >= 11 is 0. The van der Waals surface area contributed by atoms with Crippen LogP contribution < -0.4 is 0 Å². The van der Waals surface area contributed by atoms with Gasteiger partial charge in [0.05, 0.1) is 18.6 Å². The van der Waals surface area contributed by atoms with Gasteiger partial charge in [-0.25, -0.2) is 4.79 Å². The van der Waals surface area contributed by atoms with Crippen LogP contribution in [0.4, 0.5) is 0 Å². The Morgan fingerprint density at radius 1 is 1.39 bits per heavy atom. The Kier molecular flexibility index (Phi) is 5.17. The normalized spacial score (nSPS) is 11.3. The van der Waals surface area contributed by atoms with Crippen LogP contribution in [0.5, 0.6) is 0 Å². The van der Waals surface area contributed by atoms with Crippen LogP contribution in [0, 0.1) is 0 Å². The summed E-state index contributed by atoms with van der Waals surface area (Å²) in [7, 11) is 0. The van der Waals surface area contributed by atoms with Crippen LogP contribution in [-0.4, -0.2) is 23.7 Å². The Hall–Kier alpha value is -2.04. The van der Waals surface area contributed by atoms with Crippen molar-refractivity contribution < 1.29 is 23.8 Å².